The Morgan fingerprint density at radius 1 is 0.920 bits per heavy atom. The molecule has 3 aromatic rings. The van der Waals surface area contributed by atoms with Crippen LogP contribution in [-0.2, 0) is 0 Å². The van der Waals surface area contributed by atoms with E-state index in [0.29, 0.717) is 17.4 Å². The van der Waals surface area contributed by atoms with Gasteiger partial charge in [0.05, 0.1) is 6.10 Å². The summed E-state index contributed by atoms with van der Waals surface area (Å²) in [5.41, 5.74) is 7.28. The van der Waals surface area contributed by atoms with Crippen LogP contribution in [0.3, 0.4) is 0 Å². The number of ether oxygens (including phenoxy) is 2. The van der Waals surface area contributed by atoms with E-state index >= 15 is 0 Å². The lowest BCUT2D eigenvalue weighted by Gasteiger charge is -2.14. The van der Waals surface area contributed by atoms with Crippen LogP contribution in [0.15, 0.2) is 60.9 Å². The van der Waals surface area contributed by atoms with Gasteiger partial charge >= 0.3 is 0 Å². The smallest absolute Gasteiger partial charge is 0.242 e. The molecule has 1 heterocycles. The Kier molecular flexibility index (Phi) is 4.99. The second kappa shape index (κ2) is 7.53. The van der Waals surface area contributed by atoms with Crippen molar-refractivity contribution in [2.24, 2.45) is 0 Å². The van der Waals surface area contributed by atoms with Crippen molar-refractivity contribution in [1.82, 2.24) is 9.97 Å². The van der Waals surface area contributed by atoms with E-state index in [-0.39, 0.29) is 6.10 Å². The highest BCUT2D eigenvalue weighted by Gasteiger charge is 2.11. The van der Waals surface area contributed by atoms with Crippen LogP contribution in [0.4, 0.5) is 17.2 Å². The summed E-state index contributed by atoms with van der Waals surface area (Å²) in [4.78, 5) is 8.24. The van der Waals surface area contributed by atoms with Crippen molar-refractivity contribution >= 4 is 17.2 Å². The zero-order chi connectivity index (χ0) is 17.6. The molecule has 0 spiro atoms. The Balaban J connectivity index is 1.71. The number of aromatic nitrogens is 2. The molecule has 0 bridgehead atoms. The van der Waals surface area contributed by atoms with E-state index in [1.54, 1.807) is 0 Å². The topological polar surface area (TPSA) is 82.3 Å². The minimum Gasteiger partial charge on any atom is -0.473 e. The molecule has 0 unspecified atom stereocenters. The number of nitrogen functional groups attached to an aromatic ring is 1. The second-order valence-electron chi connectivity index (χ2n) is 5.67. The number of nitrogens with two attached hydrogens (primary N) is 1. The third-order valence-corrected chi connectivity index (χ3v) is 3.29. The SMILES string of the molecule is CC(C)Oc1ncnc(Nc2ccc(Oc3ccccc3)cc2)c1N. The molecule has 6 heteroatoms. The van der Waals surface area contributed by atoms with Crippen LogP contribution in [-0.4, -0.2) is 16.1 Å². The van der Waals surface area contributed by atoms with Crippen molar-refractivity contribution in [2.45, 2.75) is 20.0 Å². The molecule has 0 aliphatic carbocycles. The summed E-state index contributed by atoms with van der Waals surface area (Å²) in [7, 11) is 0. The normalized spacial score (nSPS) is 10.5. The number of rotatable bonds is 6. The highest BCUT2D eigenvalue weighted by Crippen LogP contribution is 2.29. The first-order valence-corrected chi connectivity index (χ1v) is 7.99. The summed E-state index contributed by atoms with van der Waals surface area (Å²) < 4.78 is 11.3. The lowest BCUT2D eigenvalue weighted by atomic mass is 10.3. The third kappa shape index (κ3) is 4.38. The summed E-state index contributed by atoms with van der Waals surface area (Å²) in [6.45, 7) is 3.83. The quantitative estimate of drug-likeness (QED) is 0.695. The minimum absolute atomic E-state index is 0.0144. The van der Waals surface area contributed by atoms with Gasteiger partial charge in [0.2, 0.25) is 5.88 Å². The summed E-state index contributed by atoms with van der Waals surface area (Å²) in [6, 6.07) is 17.2. The molecule has 0 aliphatic heterocycles. The number of nitrogens with one attached hydrogen (secondary N) is 1. The molecule has 0 radical (unpaired) electrons. The number of hydrogen-bond acceptors (Lipinski definition) is 6. The van der Waals surface area contributed by atoms with Crippen LogP contribution in [0, 0.1) is 0 Å². The molecule has 128 valence electrons. The standard InChI is InChI=1S/C19H20N4O2/c1-13(2)24-19-17(20)18(21-12-22-19)23-14-8-10-16(11-9-14)25-15-6-4-3-5-7-15/h3-13H,20H2,1-2H3,(H,21,22,23). The van der Waals surface area contributed by atoms with Gasteiger partial charge in [-0.05, 0) is 50.2 Å². The molecular formula is C19H20N4O2. The average Bonchev–Trinajstić information content (AvgIpc) is 2.61. The van der Waals surface area contributed by atoms with E-state index in [1.165, 1.54) is 6.33 Å². The van der Waals surface area contributed by atoms with E-state index in [2.05, 4.69) is 15.3 Å². The molecule has 3 rings (SSSR count). The Morgan fingerprint density at radius 2 is 1.60 bits per heavy atom. The van der Waals surface area contributed by atoms with Gasteiger partial charge < -0.3 is 20.5 Å². The van der Waals surface area contributed by atoms with Crippen LogP contribution in [0.5, 0.6) is 17.4 Å². The van der Waals surface area contributed by atoms with Gasteiger partial charge in [-0.15, -0.1) is 0 Å². The first kappa shape index (κ1) is 16.6. The Morgan fingerprint density at radius 3 is 2.28 bits per heavy atom. The summed E-state index contributed by atoms with van der Waals surface area (Å²) in [5.74, 6) is 2.41. The zero-order valence-corrected chi connectivity index (χ0v) is 14.1. The fraction of sp³-hybridized carbons (Fsp3) is 0.158. The molecule has 2 aromatic carbocycles. The highest BCUT2D eigenvalue weighted by molar-refractivity contribution is 5.72. The number of nitrogens with zero attached hydrogens (tertiary/aromatic N) is 2. The van der Waals surface area contributed by atoms with Gasteiger partial charge in [-0.1, -0.05) is 18.2 Å². The maximum atomic E-state index is 6.07. The predicted octanol–water partition coefficient (Wildman–Crippen LogP) is 4.38. The molecular weight excluding hydrogens is 316 g/mol. The van der Waals surface area contributed by atoms with Crippen LogP contribution in [0.25, 0.3) is 0 Å². The van der Waals surface area contributed by atoms with E-state index < -0.39 is 0 Å². The van der Waals surface area contributed by atoms with Gasteiger partial charge in [-0.2, -0.15) is 4.98 Å². The summed E-state index contributed by atoms with van der Waals surface area (Å²) in [6.07, 6.45) is 1.41. The van der Waals surface area contributed by atoms with E-state index in [0.717, 1.165) is 17.2 Å². The van der Waals surface area contributed by atoms with Gasteiger partial charge in [0.1, 0.15) is 23.5 Å². The lowest BCUT2D eigenvalue weighted by Crippen LogP contribution is -2.10. The van der Waals surface area contributed by atoms with Crippen LogP contribution >= 0.6 is 0 Å². The summed E-state index contributed by atoms with van der Waals surface area (Å²) in [5, 5.41) is 3.17. The van der Waals surface area contributed by atoms with Crippen molar-refractivity contribution in [3.8, 4) is 17.4 Å². The van der Waals surface area contributed by atoms with E-state index in [1.807, 2.05) is 68.4 Å². The van der Waals surface area contributed by atoms with Crippen LogP contribution in [0.1, 0.15) is 13.8 Å². The molecule has 0 saturated carbocycles. The molecule has 6 nitrogen and oxygen atoms in total. The van der Waals surface area contributed by atoms with Crippen LogP contribution in [0.2, 0.25) is 0 Å². The Labute approximate surface area is 146 Å². The number of anilines is 3. The molecule has 3 N–H and O–H groups in total. The highest BCUT2D eigenvalue weighted by atomic mass is 16.5. The maximum absolute atomic E-state index is 6.07. The maximum Gasteiger partial charge on any atom is 0.242 e. The van der Waals surface area contributed by atoms with Crippen LogP contribution < -0.4 is 20.5 Å². The monoisotopic (exact) mass is 336 g/mol. The van der Waals surface area contributed by atoms with Gasteiger partial charge in [0.15, 0.2) is 5.82 Å². The van der Waals surface area contributed by atoms with Crippen molar-refractivity contribution in [2.75, 3.05) is 11.1 Å². The number of benzene rings is 2. The van der Waals surface area contributed by atoms with Crippen molar-refractivity contribution in [1.29, 1.82) is 0 Å². The first-order valence-electron chi connectivity index (χ1n) is 7.99. The largest absolute Gasteiger partial charge is 0.473 e. The van der Waals surface area contributed by atoms with E-state index in [9.17, 15) is 0 Å². The Bertz CT molecular complexity index is 821. The van der Waals surface area contributed by atoms with Gasteiger partial charge in [-0.3, -0.25) is 0 Å². The fourth-order valence-electron chi connectivity index (χ4n) is 2.16. The first-order chi connectivity index (χ1) is 12.1. The molecule has 0 atom stereocenters. The predicted molar refractivity (Wildman–Crippen MR) is 98.4 cm³/mol. The van der Waals surface area contributed by atoms with Crippen molar-refractivity contribution in [3.05, 3.63) is 60.9 Å². The van der Waals surface area contributed by atoms with Crippen molar-refractivity contribution < 1.29 is 9.47 Å². The third-order valence-electron chi connectivity index (χ3n) is 3.29. The molecule has 0 amide bonds. The minimum atomic E-state index is -0.0144. The average molecular weight is 336 g/mol. The second-order valence-corrected chi connectivity index (χ2v) is 5.67. The van der Waals surface area contributed by atoms with Gasteiger partial charge in [0.25, 0.3) is 0 Å². The summed E-state index contributed by atoms with van der Waals surface area (Å²) >= 11 is 0. The Hall–Kier alpha value is -3.28. The van der Waals surface area contributed by atoms with Gasteiger partial charge in [-0.25, -0.2) is 4.98 Å². The molecule has 0 fully saturated rings. The number of hydrogen-bond donors (Lipinski definition) is 2. The fourth-order valence-corrected chi connectivity index (χ4v) is 2.16. The van der Waals surface area contributed by atoms with E-state index in [4.69, 9.17) is 15.2 Å². The number of para-hydroxylation sites is 1. The van der Waals surface area contributed by atoms with Gasteiger partial charge in [0, 0.05) is 5.69 Å². The zero-order valence-electron chi connectivity index (χ0n) is 14.1. The molecule has 0 aliphatic rings. The molecule has 25 heavy (non-hydrogen) atoms. The lowest BCUT2D eigenvalue weighted by molar-refractivity contribution is 0.234. The molecule has 0 saturated heterocycles. The molecule has 1 aromatic heterocycles. The van der Waals surface area contributed by atoms with Crippen molar-refractivity contribution in [3.63, 3.8) is 0 Å².